The lowest BCUT2D eigenvalue weighted by Crippen LogP contribution is -1.88. The maximum absolute atomic E-state index is 3.67. The van der Waals surface area contributed by atoms with Crippen LogP contribution in [-0.4, -0.2) is 0 Å². The van der Waals surface area contributed by atoms with Crippen molar-refractivity contribution in [3.05, 3.63) is 12.2 Å². The third-order valence-corrected chi connectivity index (χ3v) is 2.08. The summed E-state index contributed by atoms with van der Waals surface area (Å²) >= 11 is 0. The van der Waals surface area contributed by atoms with E-state index in [-0.39, 0.29) is 0 Å². The van der Waals surface area contributed by atoms with E-state index in [1.54, 1.807) is 0 Å². The monoisotopic (exact) mass is 200 g/mol. The molecule has 0 amide bonds. The van der Waals surface area contributed by atoms with Gasteiger partial charge in [-0.05, 0) is 19.3 Å². The van der Waals surface area contributed by atoms with E-state index in [0.717, 1.165) is 12.3 Å². The molecule has 0 bridgehead atoms. The van der Waals surface area contributed by atoms with E-state index < -0.39 is 0 Å². The Hall–Kier alpha value is -0.260. The summed E-state index contributed by atoms with van der Waals surface area (Å²) in [6.45, 7) is 18.6. The maximum Gasteiger partial charge on any atom is -0.0354 e. The van der Waals surface area contributed by atoms with Gasteiger partial charge in [0.25, 0.3) is 0 Å². The van der Waals surface area contributed by atoms with E-state index in [1.165, 1.54) is 24.8 Å². The number of allylic oxidation sites excluding steroid dienone is 1. The van der Waals surface area contributed by atoms with Crippen molar-refractivity contribution in [3.8, 4) is 0 Å². The van der Waals surface area contributed by atoms with Crippen LogP contribution in [0.3, 0.4) is 0 Å². The fourth-order valence-electron chi connectivity index (χ4n) is 0.697. The average molecular weight is 200 g/mol. The highest BCUT2D eigenvalue weighted by Gasteiger charge is 1.92. The third-order valence-electron chi connectivity index (χ3n) is 2.08. The molecule has 0 saturated heterocycles. The number of hydrogen-bond acceptors (Lipinski definition) is 0. The molecule has 0 nitrogen and oxygen atoms in total. The van der Waals surface area contributed by atoms with Gasteiger partial charge in [0, 0.05) is 0 Å². The van der Waals surface area contributed by atoms with Crippen LogP contribution in [0.5, 0.6) is 0 Å². The summed E-state index contributed by atoms with van der Waals surface area (Å²) in [5, 5.41) is 0. The van der Waals surface area contributed by atoms with Crippen LogP contribution < -0.4 is 0 Å². The third kappa shape index (κ3) is 29.8. The van der Waals surface area contributed by atoms with Gasteiger partial charge < -0.3 is 0 Å². The Labute approximate surface area is 92.8 Å². The fourth-order valence-corrected chi connectivity index (χ4v) is 0.697. The van der Waals surface area contributed by atoms with Crippen molar-refractivity contribution in [2.45, 2.75) is 74.1 Å². The van der Waals surface area contributed by atoms with Gasteiger partial charge >= 0.3 is 0 Å². The Bertz CT molecular complexity index is 92.2. The fraction of sp³-hybridized carbons (Fsp3) is 0.857. The van der Waals surface area contributed by atoms with Crippen molar-refractivity contribution in [1.82, 2.24) is 0 Å². The normalized spacial score (nSPS) is 10.2. The largest absolute Gasteiger partial charge is 0.100 e. The van der Waals surface area contributed by atoms with Crippen LogP contribution >= 0.6 is 0 Å². The van der Waals surface area contributed by atoms with Crippen LogP contribution in [0.4, 0.5) is 0 Å². The molecule has 14 heavy (non-hydrogen) atoms. The lowest BCUT2D eigenvalue weighted by Gasteiger charge is -2.02. The van der Waals surface area contributed by atoms with Crippen LogP contribution in [0.2, 0.25) is 0 Å². The Morgan fingerprint density at radius 2 is 1.50 bits per heavy atom. The summed E-state index contributed by atoms with van der Waals surface area (Å²) in [6, 6.07) is 0. The molecule has 1 atom stereocenters. The van der Waals surface area contributed by atoms with Crippen LogP contribution in [0.25, 0.3) is 0 Å². The lowest BCUT2D eigenvalue weighted by atomic mass is 10.0. The second kappa shape index (κ2) is 18.5. The quantitative estimate of drug-likeness (QED) is 0.501. The van der Waals surface area contributed by atoms with Gasteiger partial charge in [-0.25, -0.2) is 0 Å². The lowest BCUT2D eigenvalue weighted by molar-refractivity contribution is 0.509. The molecule has 88 valence electrons. The van der Waals surface area contributed by atoms with Crippen LogP contribution in [0.15, 0.2) is 12.2 Å². The maximum atomic E-state index is 3.67. The molecule has 0 rings (SSSR count). The van der Waals surface area contributed by atoms with Crippen LogP contribution in [-0.2, 0) is 0 Å². The van der Waals surface area contributed by atoms with Gasteiger partial charge in [-0.2, -0.15) is 0 Å². The summed E-state index contributed by atoms with van der Waals surface area (Å²) in [4.78, 5) is 0. The molecular formula is C14H32. The van der Waals surface area contributed by atoms with E-state index in [1.807, 2.05) is 20.8 Å². The first kappa shape index (κ1) is 19.3. The molecule has 0 N–H and O–H groups in total. The molecule has 0 spiro atoms. The Morgan fingerprint density at radius 3 is 1.57 bits per heavy atom. The van der Waals surface area contributed by atoms with Crippen molar-refractivity contribution < 1.29 is 0 Å². The zero-order valence-corrected chi connectivity index (χ0v) is 11.6. The highest BCUT2D eigenvalue weighted by atomic mass is 14.0. The van der Waals surface area contributed by atoms with Crippen LogP contribution in [0, 0.1) is 5.92 Å². The Balaban J connectivity index is -0.000000152. The topological polar surface area (TPSA) is 0 Å². The van der Waals surface area contributed by atoms with E-state index in [0.29, 0.717) is 0 Å². The van der Waals surface area contributed by atoms with Gasteiger partial charge in [0.05, 0.1) is 0 Å². The summed E-state index contributed by atoms with van der Waals surface area (Å²) in [5.74, 6) is 0.949. The molecular weight excluding hydrogens is 168 g/mol. The summed E-state index contributed by atoms with van der Waals surface area (Å²) in [7, 11) is 0. The predicted molar refractivity (Wildman–Crippen MR) is 70.8 cm³/mol. The van der Waals surface area contributed by atoms with E-state index >= 15 is 0 Å². The van der Waals surface area contributed by atoms with Gasteiger partial charge in [0.15, 0.2) is 0 Å². The average Bonchev–Trinajstić information content (AvgIpc) is 2.22. The highest BCUT2D eigenvalue weighted by molar-refractivity contribution is 4.84. The van der Waals surface area contributed by atoms with Gasteiger partial charge in [0.2, 0.25) is 0 Å². The molecule has 0 aromatic heterocycles. The zero-order valence-electron chi connectivity index (χ0n) is 11.6. The summed E-state index contributed by atoms with van der Waals surface area (Å²) < 4.78 is 0. The molecule has 0 aliphatic heterocycles. The van der Waals surface area contributed by atoms with Crippen molar-refractivity contribution >= 4 is 0 Å². The van der Waals surface area contributed by atoms with E-state index in [4.69, 9.17) is 0 Å². The summed E-state index contributed by atoms with van der Waals surface area (Å²) in [5.41, 5.74) is 1.25. The zero-order chi connectivity index (χ0) is 12.0. The van der Waals surface area contributed by atoms with Crippen molar-refractivity contribution in [3.63, 3.8) is 0 Å². The molecule has 0 heteroatoms. The molecule has 0 heterocycles. The standard InChI is InChI=1S/C7H16.C5H10.C2H6/c1-4-6-7(3)5-2;1-4-5(2)3;1-2/h7H,4-6H2,1-3H3;2,4H2,1,3H3;1-2H3. The van der Waals surface area contributed by atoms with Gasteiger partial charge in [-0.1, -0.05) is 66.4 Å². The summed E-state index contributed by atoms with van der Waals surface area (Å²) in [6.07, 6.45) is 5.19. The SMILES string of the molecule is C=C(C)CC.CC.CCCC(C)CC. The minimum Gasteiger partial charge on any atom is -0.100 e. The second-order valence-electron chi connectivity index (χ2n) is 3.61. The molecule has 0 fully saturated rings. The smallest absolute Gasteiger partial charge is 0.0354 e. The van der Waals surface area contributed by atoms with Gasteiger partial charge in [-0.3, -0.25) is 0 Å². The first-order chi connectivity index (χ1) is 6.58. The predicted octanol–water partition coefficient (Wildman–Crippen LogP) is 5.83. The molecule has 0 saturated carbocycles. The van der Waals surface area contributed by atoms with E-state index in [9.17, 15) is 0 Å². The Kier molecular flexibility index (Phi) is 25.6. The van der Waals surface area contributed by atoms with Crippen LogP contribution in [0.1, 0.15) is 74.1 Å². The van der Waals surface area contributed by atoms with Gasteiger partial charge in [0.1, 0.15) is 0 Å². The van der Waals surface area contributed by atoms with Gasteiger partial charge in [-0.15, -0.1) is 6.58 Å². The molecule has 0 aromatic carbocycles. The minimum atomic E-state index is 0.949. The number of rotatable bonds is 4. The Morgan fingerprint density at radius 1 is 1.14 bits per heavy atom. The number of hydrogen-bond donors (Lipinski definition) is 0. The molecule has 1 unspecified atom stereocenters. The first-order valence-electron chi connectivity index (χ1n) is 6.22. The highest BCUT2D eigenvalue weighted by Crippen LogP contribution is 2.07. The van der Waals surface area contributed by atoms with E-state index in [2.05, 4.69) is 34.3 Å². The molecule has 0 radical (unpaired) electrons. The van der Waals surface area contributed by atoms with Crippen molar-refractivity contribution in [1.29, 1.82) is 0 Å². The second-order valence-corrected chi connectivity index (χ2v) is 3.61. The molecule has 0 aliphatic carbocycles. The molecule has 0 aromatic rings. The first-order valence-corrected chi connectivity index (χ1v) is 6.22. The van der Waals surface area contributed by atoms with Crippen molar-refractivity contribution in [2.75, 3.05) is 0 Å². The molecule has 0 aliphatic rings. The minimum absolute atomic E-state index is 0.949. The van der Waals surface area contributed by atoms with Crippen molar-refractivity contribution in [2.24, 2.45) is 5.92 Å².